The summed E-state index contributed by atoms with van der Waals surface area (Å²) in [7, 11) is 1.63. The van der Waals surface area contributed by atoms with E-state index in [0.29, 0.717) is 33.6 Å². The van der Waals surface area contributed by atoms with Gasteiger partial charge in [0.1, 0.15) is 12.4 Å². The van der Waals surface area contributed by atoms with Gasteiger partial charge in [-0.05, 0) is 37.3 Å². The van der Waals surface area contributed by atoms with Crippen LogP contribution < -0.4 is 10.6 Å². The summed E-state index contributed by atoms with van der Waals surface area (Å²) in [5.74, 6) is 0.170. The Morgan fingerprint density at radius 3 is 2.69 bits per heavy atom. The number of aromatic nitrogens is 5. The lowest BCUT2D eigenvalue weighted by atomic mass is 10.2. The van der Waals surface area contributed by atoms with Crippen molar-refractivity contribution in [2.45, 2.75) is 13.5 Å². The van der Waals surface area contributed by atoms with Crippen molar-refractivity contribution in [1.82, 2.24) is 24.1 Å². The molecule has 3 heterocycles. The molecule has 0 radical (unpaired) electrons. The van der Waals surface area contributed by atoms with E-state index in [-0.39, 0.29) is 12.5 Å². The van der Waals surface area contributed by atoms with E-state index in [4.69, 9.17) is 11.6 Å². The Bertz CT molecular complexity index is 1270. The monoisotopic (exact) mass is 408 g/mol. The highest BCUT2D eigenvalue weighted by Gasteiger charge is 2.18. The second kappa shape index (κ2) is 7.48. The molecule has 4 rings (SSSR count). The Morgan fingerprint density at radius 2 is 1.97 bits per heavy atom. The highest BCUT2D eigenvalue weighted by atomic mass is 35.5. The number of carbonyl (C=O) groups is 1. The first-order chi connectivity index (χ1) is 13.9. The third-order valence-corrected chi connectivity index (χ3v) is 4.75. The van der Waals surface area contributed by atoms with Crippen LogP contribution in [0.4, 0.5) is 5.69 Å². The second-order valence-electron chi connectivity index (χ2n) is 6.47. The van der Waals surface area contributed by atoms with Crippen molar-refractivity contribution in [2.24, 2.45) is 0 Å². The zero-order chi connectivity index (χ0) is 20.5. The van der Waals surface area contributed by atoms with Crippen molar-refractivity contribution < 1.29 is 4.79 Å². The minimum absolute atomic E-state index is 0.206. The molecule has 0 aliphatic heterocycles. The zero-order valence-corrected chi connectivity index (χ0v) is 16.5. The number of halogens is 1. The van der Waals surface area contributed by atoms with Gasteiger partial charge in [-0.2, -0.15) is 0 Å². The van der Waals surface area contributed by atoms with Gasteiger partial charge < -0.3 is 4.90 Å². The Morgan fingerprint density at radius 1 is 1.14 bits per heavy atom. The van der Waals surface area contributed by atoms with Gasteiger partial charge in [-0.25, -0.2) is 18.9 Å². The predicted molar refractivity (Wildman–Crippen MR) is 110 cm³/mol. The smallest absolute Gasteiger partial charge is 0.314 e. The number of hydrogen-bond donors (Lipinski definition) is 0. The highest BCUT2D eigenvalue weighted by molar-refractivity contribution is 6.30. The summed E-state index contributed by atoms with van der Waals surface area (Å²) in [5, 5.41) is 4.84. The van der Waals surface area contributed by atoms with Crippen LogP contribution in [0.3, 0.4) is 0 Å². The van der Waals surface area contributed by atoms with E-state index in [1.165, 1.54) is 9.30 Å². The zero-order valence-electron chi connectivity index (χ0n) is 15.8. The molecule has 4 aromatic rings. The van der Waals surface area contributed by atoms with Crippen molar-refractivity contribution in [1.29, 1.82) is 0 Å². The standard InChI is InChI=1S/C20H17ClN6O2/c1-13-23-17(16-8-3-4-9-22-16)11-18-24-26(20(29)27(13)18)12-19(28)25(2)15-7-5-6-14(21)10-15/h3-11H,12H2,1-2H3. The van der Waals surface area contributed by atoms with E-state index in [9.17, 15) is 9.59 Å². The summed E-state index contributed by atoms with van der Waals surface area (Å²) in [4.78, 5) is 35.6. The minimum atomic E-state index is -0.426. The maximum absolute atomic E-state index is 12.8. The molecule has 3 aromatic heterocycles. The van der Waals surface area contributed by atoms with Crippen molar-refractivity contribution >= 4 is 28.8 Å². The average molecular weight is 409 g/mol. The fourth-order valence-corrected chi connectivity index (χ4v) is 3.20. The molecule has 146 valence electrons. The van der Waals surface area contributed by atoms with Crippen LogP contribution in [0, 0.1) is 6.92 Å². The molecule has 1 aromatic carbocycles. The molecular formula is C20H17ClN6O2. The summed E-state index contributed by atoms with van der Waals surface area (Å²) in [5.41, 5.74) is 1.90. The fourth-order valence-electron chi connectivity index (χ4n) is 3.01. The second-order valence-corrected chi connectivity index (χ2v) is 6.91. The lowest BCUT2D eigenvalue weighted by Gasteiger charge is -2.17. The van der Waals surface area contributed by atoms with Crippen LogP contribution in [0.5, 0.6) is 0 Å². The SMILES string of the molecule is Cc1nc(-c2ccccn2)cc2nn(CC(=O)N(C)c3cccc(Cl)c3)c(=O)n12. The molecule has 0 atom stereocenters. The summed E-state index contributed by atoms with van der Waals surface area (Å²) in [6.07, 6.45) is 1.67. The van der Waals surface area contributed by atoms with Crippen molar-refractivity contribution in [3.05, 3.63) is 76.1 Å². The summed E-state index contributed by atoms with van der Waals surface area (Å²) < 4.78 is 2.51. The quantitative estimate of drug-likeness (QED) is 0.518. The molecule has 9 heteroatoms. The Hall–Kier alpha value is -3.52. The van der Waals surface area contributed by atoms with Gasteiger partial charge in [0.25, 0.3) is 0 Å². The molecule has 8 nitrogen and oxygen atoms in total. The number of hydrogen-bond acceptors (Lipinski definition) is 5. The number of likely N-dealkylation sites (N-methyl/N-ethyl adjacent to an activating group) is 1. The molecule has 0 fully saturated rings. The van der Waals surface area contributed by atoms with Gasteiger partial charge in [-0.15, -0.1) is 5.10 Å². The number of rotatable bonds is 4. The number of pyridine rings is 1. The summed E-state index contributed by atoms with van der Waals surface area (Å²) in [6, 6.07) is 14.1. The highest BCUT2D eigenvalue weighted by Crippen LogP contribution is 2.19. The lowest BCUT2D eigenvalue weighted by molar-refractivity contribution is -0.119. The number of carbonyl (C=O) groups excluding carboxylic acids is 1. The van der Waals surface area contributed by atoms with E-state index in [1.54, 1.807) is 50.5 Å². The molecule has 1 amide bonds. The Labute approximate surface area is 171 Å². The van der Waals surface area contributed by atoms with Gasteiger partial charge >= 0.3 is 5.69 Å². The van der Waals surface area contributed by atoms with Crippen molar-refractivity contribution in [3.8, 4) is 11.4 Å². The first kappa shape index (κ1) is 18.8. The van der Waals surface area contributed by atoms with E-state index in [1.807, 2.05) is 18.2 Å². The van der Waals surface area contributed by atoms with E-state index in [2.05, 4.69) is 15.1 Å². The molecule has 0 saturated heterocycles. The number of benzene rings is 1. The van der Waals surface area contributed by atoms with E-state index < -0.39 is 5.69 Å². The lowest BCUT2D eigenvalue weighted by Crippen LogP contribution is -2.34. The molecular weight excluding hydrogens is 392 g/mol. The van der Waals surface area contributed by atoms with E-state index in [0.717, 1.165) is 4.68 Å². The maximum atomic E-state index is 12.8. The summed E-state index contributed by atoms with van der Waals surface area (Å²) >= 11 is 5.99. The molecule has 0 saturated carbocycles. The Kier molecular flexibility index (Phi) is 4.85. The predicted octanol–water partition coefficient (Wildman–Crippen LogP) is 2.58. The van der Waals surface area contributed by atoms with Crippen molar-refractivity contribution in [2.75, 3.05) is 11.9 Å². The number of aryl methyl sites for hydroxylation is 1. The van der Waals surface area contributed by atoms with Crippen LogP contribution in [0.2, 0.25) is 5.02 Å². The number of fused-ring (bicyclic) bond motifs is 1. The van der Waals surface area contributed by atoms with Crippen LogP contribution in [0.15, 0.2) is 59.5 Å². The molecule has 0 unspecified atom stereocenters. The maximum Gasteiger partial charge on any atom is 0.352 e. The average Bonchev–Trinajstić information content (AvgIpc) is 3.03. The first-order valence-electron chi connectivity index (χ1n) is 8.85. The Balaban J connectivity index is 1.68. The van der Waals surface area contributed by atoms with Gasteiger partial charge in [0, 0.05) is 30.0 Å². The van der Waals surface area contributed by atoms with Crippen LogP contribution in [0.1, 0.15) is 5.82 Å². The van der Waals surface area contributed by atoms with Crippen LogP contribution in [-0.2, 0) is 11.3 Å². The fraction of sp³-hybridized carbons (Fsp3) is 0.150. The molecule has 0 bridgehead atoms. The van der Waals surface area contributed by atoms with Crippen LogP contribution in [-0.4, -0.2) is 37.1 Å². The minimum Gasteiger partial charge on any atom is -0.314 e. The summed E-state index contributed by atoms with van der Waals surface area (Å²) in [6.45, 7) is 1.51. The molecule has 29 heavy (non-hydrogen) atoms. The number of nitrogens with zero attached hydrogens (tertiary/aromatic N) is 6. The third-order valence-electron chi connectivity index (χ3n) is 4.52. The van der Waals surface area contributed by atoms with Gasteiger partial charge in [-0.1, -0.05) is 23.7 Å². The number of amides is 1. The normalized spacial score (nSPS) is 11.0. The van der Waals surface area contributed by atoms with Gasteiger partial charge in [0.05, 0.1) is 11.4 Å². The molecule has 0 aliphatic rings. The molecule has 0 spiro atoms. The van der Waals surface area contributed by atoms with Gasteiger partial charge in [0.15, 0.2) is 5.65 Å². The molecule has 0 aliphatic carbocycles. The van der Waals surface area contributed by atoms with Crippen molar-refractivity contribution in [3.63, 3.8) is 0 Å². The van der Waals surface area contributed by atoms with Gasteiger partial charge in [-0.3, -0.25) is 9.78 Å². The molecule has 0 N–H and O–H groups in total. The number of anilines is 1. The van der Waals surface area contributed by atoms with E-state index >= 15 is 0 Å². The van der Waals surface area contributed by atoms with Crippen LogP contribution >= 0.6 is 11.6 Å². The largest absolute Gasteiger partial charge is 0.352 e. The first-order valence-corrected chi connectivity index (χ1v) is 9.22. The van der Waals surface area contributed by atoms with Crippen LogP contribution in [0.25, 0.3) is 17.0 Å². The topological polar surface area (TPSA) is 85.4 Å². The van der Waals surface area contributed by atoms with Gasteiger partial charge in [0.2, 0.25) is 5.91 Å². The third kappa shape index (κ3) is 3.62.